The molecule has 0 aliphatic carbocycles. The minimum absolute atomic E-state index is 0.295. The number of hydrogen-bond donors (Lipinski definition) is 0. The summed E-state index contributed by atoms with van der Waals surface area (Å²) in [5.41, 5.74) is 3.35. The van der Waals surface area contributed by atoms with E-state index in [0.29, 0.717) is 22.5 Å². The lowest BCUT2D eigenvalue weighted by atomic mass is 10.3. The molecule has 0 radical (unpaired) electrons. The zero-order chi connectivity index (χ0) is 15.0. The van der Waals surface area contributed by atoms with E-state index in [1.807, 2.05) is 11.5 Å². The summed E-state index contributed by atoms with van der Waals surface area (Å²) in [5.74, 6) is 1.04. The molecule has 7 heteroatoms. The van der Waals surface area contributed by atoms with Gasteiger partial charge in [0.25, 0.3) is 0 Å². The van der Waals surface area contributed by atoms with Gasteiger partial charge in [-0.3, -0.25) is 9.97 Å². The molecule has 0 saturated heterocycles. The Morgan fingerprint density at radius 1 is 1.10 bits per heavy atom. The highest BCUT2D eigenvalue weighted by Gasteiger charge is 2.13. The van der Waals surface area contributed by atoms with E-state index in [-0.39, 0.29) is 0 Å². The van der Waals surface area contributed by atoms with Crippen molar-refractivity contribution >= 4 is 45.8 Å². The number of aryl methyl sites for hydroxylation is 1. The standard InChI is InChI=1S/C14H11Cl3N4/c1-8-5-19-9(6-18-8)7-21-13-3-11(17)10(16)2-12(13)20-14(21)4-15/h2-3,5-6H,4,7H2,1H3. The van der Waals surface area contributed by atoms with Crippen LogP contribution in [-0.4, -0.2) is 19.5 Å². The largest absolute Gasteiger partial charge is 0.321 e. The van der Waals surface area contributed by atoms with Crippen molar-refractivity contribution in [1.82, 2.24) is 19.5 Å². The van der Waals surface area contributed by atoms with Gasteiger partial charge in [-0.25, -0.2) is 4.98 Å². The maximum Gasteiger partial charge on any atom is 0.125 e. The number of halogens is 3. The Kier molecular flexibility index (Phi) is 4.02. The molecule has 0 fully saturated rings. The van der Waals surface area contributed by atoms with Gasteiger partial charge in [-0.2, -0.15) is 0 Å². The first-order chi connectivity index (χ1) is 10.1. The van der Waals surface area contributed by atoms with Crippen LogP contribution < -0.4 is 0 Å². The second-order valence-electron chi connectivity index (χ2n) is 4.65. The van der Waals surface area contributed by atoms with E-state index in [2.05, 4.69) is 15.0 Å². The smallest absolute Gasteiger partial charge is 0.125 e. The Hall–Kier alpha value is -1.36. The van der Waals surface area contributed by atoms with Crippen LogP contribution in [-0.2, 0) is 12.4 Å². The number of imidazole rings is 1. The van der Waals surface area contributed by atoms with Gasteiger partial charge in [0.2, 0.25) is 0 Å². The molecule has 2 heterocycles. The highest BCUT2D eigenvalue weighted by atomic mass is 35.5. The van der Waals surface area contributed by atoms with Gasteiger partial charge in [-0.15, -0.1) is 11.6 Å². The van der Waals surface area contributed by atoms with Crippen molar-refractivity contribution < 1.29 is 0 Å². The van der Waals surface area contributed by atoms with Crippen molar-refractivity contribution in [2.45, 2.75) is 19.3 Å². The average Bonchev–Trinajstić information content (AvgIpc) is 2.79. The summed E-state index contributed by atoms with van der Waals surface area (Å²) in [6, 6.07) is 3.54. The van der Waals surface area contributed by atoms with Gasteiger partial charge in [0.05, 0.1) is 51.1 Å². The Labute approximate surface area is 136 Å². The zero-order valence-electron chi connectivity index (χ0n) is 11.1. The first-order valence-corrected chi connectivity index (χ1v) is 7.55. The highest BCUT2D eigenvalue weighted by Crippen LogP contribution is 2.29. The average molecular weight is 342 g/mol. The summed E-state index contributed by atoms with van der Waals surface area (Å²) in [5, 5.41) is 0.964. The van der Waals surface area contributed by atoms with Crippen LogP contribution in [0.15, 0.2) is 24.5 Å². The fraction of sp³-hybridized carbons (Fsp3) is 0.214. The van der Waals surface area contributed by atoms with Crippen molar-refractivity contribution in [2.75, 3.05) is 0 Å². The lowest BCUT2D eigenvalue weighted by Crippen LogP contribution is -2.06. The summed E-state index contributed by atoms with van der Waals surface area (Å²) >= 11 is 18.1. The van der Waals surface area contributed by atoms with Gasteiger partial charge in [0.15, 0.2) is 0 Å². The zero-order valence-corrected chi connectivity index (χ0v) is 13.4. The third kappa shape index (κ3) is 2.84. The van der Waals surface area contributed by atoms with Crippen molar-refractivity contribution in [2.24, 2.45) is 0 Å². The van der Waals surface area contributed by atoms with Crippen molar-refractivity contribution in [1.29, 1.82) is 0 Å². The van der Waals surface area contributed by atoms with Crippen LogP contribution in [0, 0.1) is 6.92 Å². The first kappa shape index (κ1) is 14.6. The number of aromatic nitrogens is 4. The molecule has 0 aliphatic heterocycles. The van der Waals surface area contributed by atoms with E-state index in [4.69, 9.17) is 34.8 Å². The summed E-state index contributed by atoms with van der Waals surface area (Å²) in [7, 11) is 0. The molecule has 21 heavy (non-hydrogen) atoms. The van der Waals surface area contributed by atoms with Crippen molar-refractivity contribution in [3.63, 3.8) is 0 Å². The minimum atomic E-state index is 0.295. The molecule has 0 aliphatic rings. The second kappa shape index (κ2) is 5.79. The fourth-order valence-corrected chi connectivity index (χ4v) is 2.63. The Bertz CT molecular complexity index is 796. The molecule has 4 nitrogen and oxygen atoms in total. The number of fused-ring (bicyclic) bond motifs is 1. The van der Waals surface area contributed by atoms with Crippen LogP contribution in [0.25, 0.3) is 11.0 Å². The van der Waals surface area contributed by atoms with Gasteiger partial charge in [-0.1, -0.05) is 23.2 Å². The molecule has 0 atom stereocenters. The first-order valence-electron chi connectivity index (χ1n) is 6.26. The molecule has 0 unspecified atom stereocenters. The fourth-order valence-electron chi connectivity index (χ4n) is 2.11. The number of hydrogen-bond acceptors (Lipinski definition) is 3. The molecule has 3 rings (SSSR count). The molecule has 1 aromatic carbocycles. The topological polar surface area (TPSA) is 43.6 Å². The maximum atomic E-state index is 6.10. The molecule has 3 aromatic rings. The van der Waals surface area contributed by atoms with Crippen LogP contribution in [0.2, 0.25) is 10.0 Å². The molecule has 2 aromatic heterocycles. The molecule has 0 saturated carbocycles. The maximum absolute atomic E-state index is 6.10. The molecule has 0 bridgehead atoms. The van der Waals surface area contributed by atoms with E-state index in [0.717, 1.165) is 28.2 Å². The van der Waals surface area contributed by atoms with Gasteiger partial charge in [-0.05, 0) is 19.1 Å². The van der Waals surface area contributed by atoms with E-state index >= 15 is 0 Å². The van der Waals surface area contributed by atoms with Crippen LogP contribution in [0.4, 0.5) is 0 Å². The van der Waals surface area contributed by atoms with E-state index in [1.54, 1.807) is 24.5 Å². The lowest BCUT2D eigenvalue weighted by molar-refractivity contribution is 0.751. The van der Waals surface area contributed by atoms with Gasteiger partial charge < -0.3 is 4.57 Å². The Morgan fingerprint density at radius 3 is 2.52 bits per heavy atom. The number of nitrogens with zero attached hydrogens (tertiary/aromatic N) is 4. The van der Waals surface area contributed by atoms with Crippen molar-refractivity contribution in [3.8, 4) is 0 Å². The van der Waals surface area contributed by atoms with Crippen LogP contribution in [0.5, 0.6) is 0 Å². The predicted octanol–water partition coefficient (Wildman–Crippen LogP) is 4.23. The van der Waals surface area contributed by atoms with Crippen LogP contribution >= 0.6 is 34.8 Å². The quantitative estimate of drug-likeness (QED) is 0.670. The summed E-state index contributed by atoms with van der Waals surface area (Å²) < 4.78 is 1.98. The SMILES string of the molecule is Cc1cnc(Cn2c(CCl)nc3cc(Cl)c(Cl)cc32)cn1. The Balaban J connectivity index is 2.11. The van der Waals surface area contributed by atoms with Crippen LogP contribution in [0.1, 0.15) is 17.2 Å². The molecule has 108 valence electrons. The monoisotopic (exact) mass is 340 g/mol. The molecule has 0 N–H and O–H groups in total. The second-order valence-corrected chi connectivity index (χ2v) is 5.73. The highest BCUT2D eigenvalue weighted by molar-refractivity contribution is 6.42. The number of alkyl halides is 1. The minimum Gasteiger partial charge on any atom is -0.321 e. The molecule has 0 amide bonds. The lowest BCUT2D eigenvalue weighted by Gasteiger charge is -2.07. The molecular formula is C14H11Cl3N4. The summed E-state index contributed by atoms with van der Waals surface area (Å²) in [4.78, 5) is 13.1. The normalized spacial score (nSPS) is 11.2. The van der Waals surface area contributed by atoms with Gasteiger partial charge in [0.1, 0.15) is 5.82 Å². The Morgan fingerprint density at radius 2 is 1.86 bits per heavy atom. The molecular weight excluding hydrogens is 331 g/mol. The van der Waals surface area contributed by atoms with Gasteiger partial charge in [0, 0.05) is 6.20 Å². The van der Waals surface area contributed by atoms with Crippen LogP contribution in [0.3, 0.4) is 0 Å². The third-order valence-corrected chi connectivity index (χ3v) is 4.10. The third-order valence-electron chi connectivity index (χ3n) is 3.14. The predicted molar refractivity (Wildman–Crippen MR) is 85.2 cm³/mol. The van der Waals surface area contributed by atoms with E-state index in [1.165, 1.54) is 0 Å². The number of rotatable bonds is 3. The van der Waals surface area contributed by atoms with E-state index in [9.17, 15) is 0 Å². The van der Waals surface area contributed by atoms with Crippen molar-refractivity contribution in [3.05, 3.63) is 51.8 Å². The summed E-state index contributed by atoms with van der Waals surface area (Å²) in [6.07, 6.45) is 3.48. The van der Waals surface area contributed by atoms with Gasteiger partial charge >= 0.3 is 0 Å². The van der Waals surface area contributed by atoms with E-state index < -0.39 is 0 Å². The summed E-state index contributed by atoms with van der Waals surface area (Å²) in [6.45, 7) is 2.43. The number of benzene rings is 1. The molecule has 0 spiro atoms.